The van der Waals surface area contributed by atoms with Gasteiger partial charge in [-0.15, -0.1) is 0 Å². The minimum atomic E-state index is 0.764. The van der Waals surface area contributed by atoms with E-state index in [1.807, 2.05) is 12.1 Å². The molecule has 0 spiro atoms. The van der Waals surface area contributed by atoms with Crippen molar-refractivity contribution in [2.24, 2.45) is 0 Å². The van der Waals surface area contributed by atoms with Crippen LogP contribution in [-0.4, -0.2) is 9.97 Å². The van der Waals surface area contributed by atoms with Crippen LogP contribution in [0.1, 0.15) is 12.5 Å². The van der Waals surface area contributed by atoms with Crippen LogP contribution in [0.3, 0.4) is 0 Å². The lowest BCUT2D eigenvalue weighted by molar-refractivity contribution is 1.12. The largest absolute Gasteiger partial charge is 0.237 e. The van der Waals surface area contributed by atoms with Crippen LogP contribution in [0.15, 0.2) is 41.1 Å². The zero-order valence-corrected chi connectivity index (χ0v) is 10.0. The molecule has 3 heteroatoms. The van der Waals surface area contributed by atoms with Gasteiger partial charge in [0.25, 0.3) is 0 Å². The first-order chi connectivity index (χ1) is 7.31. The third-order valence-electron chi connectivity index (χ3n) is 2.25. The predicted molar refractivity (Wildman–Crippen MR) is 64.5 cm³/mol. The summed E-state index contributed by atoms with van der Waals surface area (Å²) in [6.45, 7) is 2.14. The fourth-order valence-electron chi connectivity index (χ4n) is 1.40. The summed E-state index contributed by atoms with van der Waals surface area (Å²) in [6.07, 6.45) is 4.54. The Balaban J connectivity index is 2.52. The van der Waals surface area contributed by atoms with Gasteiger partial charge >= 0.3 is 0 Å². The molecule has 2 rings (SSSR count). The molecule has 2 aromatic rings. The Morgan fingerprint density at radius 3 is 2.60 bits per heavy atom. The molecule has 1 heterocycles. The Morgan fingerprint density at radius 1 is 1.20 bits per heavy atom. The summed E-state index contributed by atoms with van der Waals surface area (Å²) in [4.78, 5) is 8.49. The van der Waals surface area contributed by atoms with Crippen LogP contribution in [0, 0.1) is 0 Å². The van der Waals surface area contributed by atoms with E-state index in [-0.39, 0.29) is 0 Å². The molecule has 0 bridgehead atoms. The molecular formula is C12H11BrN2. The van der Waals surface area contributed by atoms with Crippen LogP contribution in [0.25, 0.3) is 11.4 Å². The molecule has 0 fully saturated rings. The highest BCUT2D eigenvalue weighted by molar-refractivity contribution is 9.10. The van der Waals surface area contributed by atoms with Gasteiger partial charge in [0.1, 0.15) is 0 Å². The Hall–Kier alpha value is -1.22. The topological polar surface area (TPSA) is 25.8 Å². The molecule has 0 saturated heterocycles. The van der Waals surface area contributed by atoms with Crippen LogP contribution in [0.2, 0.25) is 0 Å². The van der Waals surface area contributed by atoms with Crippen molar-refractivity contribution in [2.75, 3.05) is 0 Å². The van der Waals surface area contributed by atoms with E-state index in [1.54, 1.807) is 12.4 Å². The van der Waals surface area contributed by atoms with Crippen LogP contribution in [0.4, 0.5) is 0 Å². The summed E-state index contributed by atoms with van der Waals surface area (Å²) in [7, 11) is 0. The van der Waals surface area contributed by atoms with Crippen molar-refractivity contribution in [3.63, 3.8) is 0 Å². The maximum atomic E-state index is 4.24. The van der Waals surface area contributed by atoms with Crippen molar-refractivity contribution >= 4 is 15.9 Å². The van der Waals surface area contributed by atoms with Crippen molar-refractivity contribution in [1.29, 1.82) is 0 Å². The van der Waals surface area contributed by atoms with Gasteiger partial charge in [-0.3, -0.25) is 0 Å². The highest BCUT2D eigenvalue weighted by Crippen LogP contribution is 2.26. The fraction of sp³-hybridized carbons (Fsp3) is 0.167. The quantitative estimate of drug-likeness (QED) is 0.829. The summed E-state index contributed by atoms with van der Waals surface area (Å²) >= 11 is 3.52. The van der Waals surface area contributed by atoms with E-state index in [4.69, 9.17) is 0 Å². The summed E-state index contributed by atoms with van der Waals surface area (Å²) in [5.74, 6) is 0.764. The molecule has 0 saturated carbocycles. The second-order valence-electron chi connectivity index (χ2n) is 3.24. The number of benzene rings is 1. The van der Waals surface area contributed by atoms with Crippen molar-refractivity contribution < 1.29 is 0 Å². The molecule has 0 amide bonds. The van der Waals surface area contributed by atoms with Crippen molar-refractivity contribution in [2.45, 2.75) is 13.3 Å². The van der Waals surface area contributed by atoms with Crippen LogP contribution >= 0.6 is 15.9 Å². The molecule has 0 aliphatic heterocycles. The van der Waals surface area contributed by atoms with Gasteiger partial charge in [0.05, 0.1) is 0 Å². The maximum absolute atomic E-state index is 4.24. The number of halogens is 1. The minimum Gasteiger partial charge on any atom is -0.237 e. The molecule has 0 unspecified atom stereocenters. The first kappa shape index (κ1) is 10.3. The Morgan fingerprint density at radius 2 is 1.93 bits per heavy atom. The molecular weight excluding hydrogens is 252 g/mol. The monoisotopic (exact) mass is 262 g/mol. The average Bonchev–Trinajstić information content (AvgIpc) is 2.31. The number of aryl methyl sites for hydroxylation is 1. The lowest BCUT2D eigenvalue weighted by Gasteiger charge is -2.04. The average molecular weight is 263 g/mol. The molecule has 0 aliphatic rings. The fourth-order valence-corrected chi connectivity index (χ4v) is 1.83. The van der Waals surface area contributed by atoms with Crippen molar-refractivity contribution in [1.82, 2.24) is 9.97 Å². The van der Waals surface area contributed by atoms with E-state index in [1.165, 1.54) is 5.56 Å². The Kier molecular flexibility index (Phi) is 3.11. The maximum Gasteiger partial charge on any atom is 0.160 e. The van der Waals surface area contributed by atoms with E-state index in [0.29, 0.717) is 0 Å². The summed E-state index contributed by atoms with van der Waals surface area (Å²) in [5.41, 5.74) is 2.34. The number of nitrogens with zero attached hydrogens (tertiary/aromatic N) is 2. The number of hydrogen-bond donors (Lipinski definition) is 0. The molecule has 15 heavy (non-hydrogen) atoms. The normalized spacial score (nSPS) is 10.3. The molecule has 0 aliphatic carbocycles. The van der Waals surface area contributed by atoms with Gasteiger partial charge in [0, 0.05) is 22.4 Å². The molecule has 2 nitrogen and oxygen atoms in total. The van der Waals surface area contributed by atoms with Crippen molar-refractivity contribution in [3.8, 4) is 11.4 Å². The van der Waals surface area contributed by atoms with Gasteiger partial charge in [-0.2, -0.15) is 0 Å². The standard InChI is InChI=1S/C12H11BrN2/c1-2-9-4-5-11(13)10(8-9)12-14-6-3-7-15-12/h3-8H,2H2,1H3. The van der Waals surface area contributed by atoms with E-state index in [2.05, 4.69) is 45.0 Å². The first-order valence-corrected chi connectivity index (χ1v) is 5.66. The number of aromatic nitrogens is 2. The molecule has 76 valence electrons. The van der Waals surface area contributed by atoms with Crippen LogP contribution < -0.4 is 0 Å². The lowest BCUT2D eigenvalue weighted by atomic mass is 10.1. The second kappa shape index (κ2) is 4.53. The third kappa shape index (κ3) is 2.23. The Labute approximate surface area is 97.5 Å². The van der Waals surface area contributed by atoms with Gasteiger partial charge in [-0.25, -0.2) is 9.97 Å². The summed E-state index contributed by atoms with van der Waals surface area (Å²) in [5, 5.41) is 0. The first-order valence-electron chi connectivity index (χ1n) is 4.87. The zero-order valence-electron chi connectivity index (χ0n) is 8.44. The van der Waals surface area contributed by atoms with E-state index >= 15 is 0 Å². The Bertz CT molecular complexity index is 454. The van der Waals surface area contributed by atoms with Gasteiger partial charge in [-0.1, -0.05) is 28.9 Å². The molecule has 1 aromatic heterocycles. The summed E-state index contributed by atoms with van der Waals surface area (Å²) < 4.78 is 1.03. The number of rotatable bonds is 2. The van der Waals surface area contributed by atoms with Gasteiger partial charge < -0.3 is 0 Å². The van der Waals surface area contributed by atoms with Gasteiger partial charge in [-0.05, 0) is 30.2 Å². The molecule has 0 atom stereocenters. The minimum absolute atomic E-state index is 0.764. The smallest absolute Gasteiger partial charge is 0.160 e. The summed E-state index contributed by atoms with van der Waals surface area (Å²) in [6, 6.07) is 8.10. The third-order valence-corrected chi connectivity index (χ3v) is 2.94. The van der Waals surface area contributed by atoms with E-state index in [0.717, 1.165) is 22.3 Å². The van der Waals surface area contributed by atoms with E-state index < -0.39 is 0 Å². The molecule has 0 N–H and O–H groups in total. The van der Waals surface area contributed by atoms with Crippen LogP contribution in [0.5, 0.6) is 0 Å². The zero-order chi connectivity index (χ0) is 10.7. The van der Waals surface area contributed by atoms with Crippen LogP contribution in [-0.2, 0) is 6.42 Å². The second-order valence-corrected chi connectivity index (χ2v) is 4.09. The highest BCUT2D eigenvalue weighted by Gasteiger charge is 2.05. The lowest BCUT2D eigenvalue weighted by Crippen LogP contribution is -1.90. The number of hydrogen-bond acceptors (Lipinski definition) is 2. The predicted octanol–water partition coefficient (Wildman–Crippen LogP) is 3.47. The van der Waals surface area contributed by atoms with Crippen molar-refractivity contribution in [3.05, 3.63) is 46.7 Å². The molecule has 1 aromatic carbocycles. The SMILES string of the molecule is CCc1ccc(Br)c(-c2ncccn2)c1. The van der Waals surface area contributed by atoms with E-state index in [9.17, 15) is 0 Å². The van der Waals surface area contributed by atoms with Gasteiger partial charge in [0.2, 0.25) is 0 Å². The van der Waals surface area contributed by atoms with Gasteiger partial charge in [0.15, 0.2) is 5.82 Å². The molecule has 0 radical (unpaired) electrons. The highest BCUT2D eigenvalue weighted by atomic mass is 79.9.